The number of aromatic amines is 1. The lowest BCUT2D eigenvalue weighted by atomic mass is 10.1. The monoisotopic (exact) mass is 355 g/mol. The van der Waals surface area contributed by atoms with Gasteiger partial charge in [-0.15, -0.1) is 0 Å². The summed E-state index contributed by atoms with van der Waals surface area (Å²) in [5.74, 6) is -0.220. The molecule has 0 bridgehead atoms. The van der Waals surface area contributed by atoms with E-state index in [0.717, 1.165) is 41.9 Å². The van der Waals surface area contributed by atoms with Crippen LogP contribution in [0.2, 0.25) is 0 Å². The molecule has 0 aliphatic carbocycles. The Bertz CT molecular complexity index is 799. The average molecular weight is 355 g/mol. The van der Waals surface area contributed by atoms with Crippen LogP contribution in [-0.2, 0) is 24.3 Å². The van der Waals surface area contributed by atoms with E-state index in [2.05, 4.69) is 26.1 Å². The van der Waals surface area contributed by atoms with Crippen LogP contribution in [0, 0.1) is 5.92 Å². The Kier molecular flexibility index (Phi) is 5.68. The highest BCUT2D eigenvalue weighted by Crippen LogP contribution is 2.16. The number of hydrogen-bond acceptors (Lipinski definition) is 4. The van der Waals surface area contributed by atoms with E-state index in [1.807, 2.05) is 38.1 Å². The highest BCUT2D eigenvalue weighted by atomic mass is 16.2. The number of nitrogens with zero attached hydrogens (tertiary/aromatic N) is 1. The summed E-state index contributed by atoms with van der Waals surface area (Å²) in [5, 5.41) is 16.2. The van der Waals surface area contributed by atoms with E-state index in [-0.39, 0.29) is 17.7 Å². The van der Waals surface area contributed by atoms with Gasteiger partial charge in [0.15, 0.2) is 5.69 Å². The SMILES string of the molecule is CCC(C)C(=O)Nc1cccc(CNC(=O)c2n[nH]c3c2CNCC3)c1. The zero-order valence-electron chi connectivity index (χ0n) is 15.2. The first-order valence-electron chi connectivity index (χ1n) is 9.03. The van der Waals surface area contributed by atoms with Gasteiger partial charge in [-0.25, -0.2) is 0 Å². The van der Waals surface area contributed by atoms with Crippen molar-refractivity contribution in [1.29, 1.82) is 0 Å². The van der Waals surface area contributed by atoms with Gasteiger partial charge in [0.25, 0.3) is 5.91 Å². The van der Waals surface area contributed by atoms with Crippen LogP contribution in [0.5, 0.6) is 0 Å². The predicted molar refractivity (Wildman–Crippen MR) is 99.7 cm³/mol. The molecule has 2 aromatic rings. The lowest BCUT2D eigenvalue weighted by Crippen LogP contribution is -2.28. The third-order valence-electron chi connectivity index (χ3n) is 4.73. The van der Waals surface area contributed by atoms with Crippen LogP contribution in [0.25, 0.3) is 0 Å². The maximum Gasteiger partial charge on any atom is 0.272 e. The van der Waals surface area contributed by atoms with Crippen molar-refractivity contribution in [1.82, 2.24) is 20.8 Å². The van der Waals surface area contributed by atoms with Gasteiger partial charge in [0.05, 0.1) is 0 Å². The van der Waals surface area contributed by atoms with Gasteiger partial charge < -0.3 is 16.0 Å². The van der Waals surface area contributed by atoms with E-state index in [9.17, 15) is 9.59 Å². The Morgan fingerprint density at radius 3 is 3.00 bits per heavy atom. The number of aromatic nitrogens is 2. The van der Waals surface area contributed by atoms with Gasteiger partial charge in [0, 0.05) is 48.9 Å². The Labute approximate surface area is 153 Å². The summed E-state index contributed by atoms with van der Waals surface area (Å²) in [6, 6.07) is 7.51. The minimum Gasteiger partial charge on any atom is -0.347 e. The van der Waals surface area contributed by atoms with Gasteiger partial charge in [-0.05, 0) is 24.1 Å². The fraction of sp³-hybridized carbons (Fsp3) is 0.421. The summed E-state index contributed by atoms with van der Waals surface area (Å²) in [7, 11) is 0. The van der Waals surface area contributed by atoms with Crippen LogP contribution in [0.4, 0.5) is 5.69 Å². The lowest BCUT2D eigenvalue weighted by Gasteiger charge is -2.13. The predicted octanol–water partition coefficient (Wildman–Crippen LogP) is 1.97. The third-order valence-corrected chi connectivity index (χ3v) is 4.73. The van der Waals surface area contributed by atoms with E-state index >= 15 is 0 Å². The summed E-state index contributed by atoms with van der Waals surface area (Å²) in [5.41, 5.74) is 4.09. The molecule has 3 rings (SSSR count). The lowest BCUT2D eigenvalue weighted by molar-refractivity contribution is -0.119. The number of H-pyrrole nitrogens is 1. The van der Waals surface area contributed by atoms with Crippen LogP contribution in [0.15, 0.2) is 24.3 Å². The molecular weight excluding hydrogens is 330 g/mol. The minimum absolute atomic E-state index is 0.00402. The number of amides is 2. The second-order valence-corrected chi connectivity index (χ2v) is 6.64. The van der Waals surface area contributed by atoms with Gasteiger partial charge in [-0.1, -0.05) is 26.0 Å². The van der Waals surface area contributed by atoms with Gasteiger partial charge in [-0.3, -0.25) is 14.7 Å². The molecule has 7 nitrogen and oxygen atoms in total. The number of benzene rings is 1. The first-order valence-corrected chi connectivity index (χ1v) is 9.03. The molecule has 0 saturated heterocycles. The van der Waals surface area contributed by atoms with E-state index in [1.54, 1.807) is 0 Å². The Morgan fingerprint density at radius 2 is 2.19 bits per heavy atom. The first-order chi connectivity index (χ1) is 12.6. The molecule has 26 heavy (non-hydrogen) atoms. The van der Waals surface area contributed by atoms with Crippen LogP contribution in [0.3, 0.4) is 0 Å². The molecule has 2 heterocycles. The molecule has 2 amide bonds. The average Bonchev–Trinajstić information content (AvgIpc) is 3.10. The molecule has 1 aliphatic rings. The standard InChI is InChI=1S/C19H25N5O2/c1-3-12(2)18(25)22-14-6-4-5-13(9-14)10-21-19(26)17-15-11-20-8-7-16(15)23-24-17/h4-6,9,12,20H,3,7-8,10-11H2,1-2H3,(H,21,26)(H,22,25)(H,23,24). The van der Waals surface area contributed by atoms with Crippen LogP contribution in [0.1, 0.15) is 47.6 Å². The highest BCUT2D eigenvalue weighted by Gasteiger charge is 2.21. The van der Waals surface area contributed by atoms with Crippen LogP contribution >= 0.6 is 0 Å². The van der Waals surface area contributed by atoms with Crippen molar-refractivity contribution >= 4 is 17.5 Å². The van der Waals surface area contributed by atoms with Gasteiger partial charge in [0.2, 0.25) is 5.91 Å². The normalized spacial score (nSPS) is 14.4. The van der Waals surface area contributed by atoms with E-state index in [1.165, 1.54) is 0 Å². The van der Waals surface area contributed by atoms with E-state index in [4.69, 9.17) is 0 Å². The third kappa shape index (κ3) is 4.11. The smallest absolute Gasteiger partial charge is 0.272 e. The summed E-state index contributed by atoms with van der Waals surface area (Å²) >= 11 is 0. The molecule has 0 saturated carbocycles. The molecule has 1 atom stereocenters. The van der Waals surface area contributed by atoms with Gasteiger partial charge in [0.1, 0.15) is 0 Å². The van der Waals surface area contributed by atoms with E-state index in [0.29, 0.717) is 18.8 Å². The molecule has 0 spiro atoms. The number of rotatable bonds is 6. The van der Waals surface area contributed by atoms with Crippen molar-refractivity contribution in [3.8, 4) is 0 Å². The molecule has 4 N–H and O–H groups in total. The van der Waals surface area contributed by atoms with Crippen molar-refractivity contribution in [2.45, 2.75) is 39.8 Å². The van der Waals surface area contributed by atoms with Gasteiger partial charge >= 0.3 is 0 Å². The molecule has 0 radical (unpaired) electrons. The molecular formula is C19H25N5O2. The molecule has 1 aromatic heterocycles. The number of fused-ring (bicyclic) bond motifs is 1. The number of anilines is 1. The highest BCUT2D eigenvalue weighted by molar-refractivity contribution is 5.94. The minimum atomic E-state index is -0.194. The van der Waals surface area contributed by atoms with E-state index < -0.39 is 0 Å². The molecule has 138 valence electrons. The van der Waals surface area contributed by atoms with Crippen molar-refractivity contribution in [2.24, 2.45) is 5.92 Å². The number of hydrogen-bond donors (Lipinski definition) is 4. The van der Waals surface area contributed by atoms with Crippen molar-refractivity contribution in [3.05, 3.63) is 46.8 Å². The summed E-state index contributed by atoms with van der Waals surface area (Å²) in [4.78, 5) is 24.5. The molecule has 1 aliphatic heterocycles. The quantitative estimate of drug-likeness (QED) is 0.637. The summed E-state index contributed by atoms with van der Waals surface area (Å²) in [6.45, 7) is 5.82. The van der Waals surface area contributed by atoms with Crippen molar-refractivity contribution < 1.29 is 9.59 Å². The second kappa shape index (κ2) is 8.14. The Hall–Kier alpha value is -2.67. The molecule has 1 aromatic carbocycles. The maximum atomic E-state index is 12.5. The topological polar surface area (TPSA) is 98.9 Å². The maximum absolute atomic E-state index is 12.5. The second-order valence-electron chi connectivity index (χ2n) is 6.64. The molecule has 7 heteroatoms. The largest absolute Gasteiger partial charge is 0.347 e. The zero-order valence-corrected chi connectivity index (χ0v) is 15.2. The molecule has 0 fully saturated rings. The van der Waals surface area contributed by atoms with Gasteiger partial charge in [-0.2, -0.15) is 5.10 Å². The molecule has 1 unspecified atom stereocenters. The fourth-order valence-corrected chi connectivity index (χ4v) is 2.89. The number of carbonyl (C=O) groups excluding carboxylic acids is 2. The number of carbonyl (C=O) groups is 2. The van der Waals surface area contributed by atoms with Crippen molar-refractivity contribution in [3.63, 3.8) is 0 Å². The van der Waals surface area contributed by atoms with Crippen LogP contribution in [-0.4, -0.2) is 28.6 Å². The van der Waals surface area contributed by atoms with Crippen LogP contribution < -0.4 is 16.0 Å². The fourth-order valence-electron chi connectivity index (χ4n) is 2.89. The Morgan fingerprint density at radius 1 is 1.35 bits per heavy atom. The zero-order chi connectivity index (χ0) is 18.5. The summed E-state index contributed by atoms with van der Waals surface area (Å²) < 4.78 is 0. The first kappa shape index (κ1) is 18.1. The Balaban J connectivity index is 1.61. The summed E-state index contributed by atoms with van der Waals surface area (Å²) in [6.07, 6.45) is 1.65. The number of nitrogens with one attached hydrogen (secondary N) is 4. The van der Waals surface area contributed by atoms with Crippen molar-refractivity contribution in [2.75, 3.05) is 11.9 Å².